The quantitative estimate of drug-likeness (QED) is 0.0804. The van der Waals surface area contributed by atoms with Crippen LogP contribution in [-0.4, -0.2) is 61.1 Å². The lowest BCUT2D eigenvalue weighted by Crippen LogP contribution is -2.08. The number of nitrogens with two attached hydrogens (primary N) is 1. The van der Waals surface area contributed by atoms with E-state index in [1.807, 2.05) is 74.1 Å². The summed E-state index contributed by atoms with van der Waals surface area (Å²) >= 11 is 2.81. The Morgan fingerprint density at radius 1 is 0.717 bits per heavy atom. The standard InChI is InChI=1S/C20H20N2O3S.C12H12N2O2S.C7H9NO2/c1-4-25-20(24)16-12-26-19(21-16)15-7-5-14(6-8-15)10-18(23)17-9-13(2)11-22(17)3;1-2-16-12(15)10-7-17-11(14-10)8-3-5-9(13)6-4-8;1-5-3-6(7(9)10)8(2)4-5/h5-9,11-12H,4,10H2,1-3H3;3-7H,2,13H2,1H3;3-4H,1-2H3,(H,9,10). The van der Waals surface area contributed by atoms with Crippen molar-refractivity contribution in [3.8, 4) is 21.1 Å². The Balaban J connectivity index is 0.000000198. The summed E-state index contributed by atoms with van der Waals surface area (Å²) in [5.41, 5.74) is 12.9. The molecule has 12 nitrogen and oxygen atoms in total. The predicted molar refractivity (Wildman–Crippen MR) is 207 cm³/mol. The molecule has 276 valence electrons. The number of carbonyl (C=O) groups is 4. The van der Waals surface area contributed by atoms with Gasteiger partial charge in [-0.2, -0.15) is 0 Å². The minimum absolute atomic E-state index is 0.0900. The monoisotopic (exact) mass is 755 g/mol. The number of nitrogen functional groups attached to an aromatic ring is 1. The van der Waals surface area contributed by atoms with Crippen LogP contribution in [0.25, 0.3) is 21.1 Å². The molecule has 0 aliphatic heterocycles. The molecule has 0 radical (unpaired) electrons. The molecular formula is C39H41N5O7S2. The first-order valence-electron chi connectivity index (χ1n) is 16.5. The van der Waals surface area contributed by atoms with Gasteiger partial charge >= 0.3 is 17.9 Å². The van der Waals surface area contributed by atoms with E-state index in [4.69, 9.17) is 20.3 Å². The number of esters is 2. The van der Waals surface area contributed by atoms with Crippen LogP contribution in [-0.2, 0) is 30.0 Å². The zero-order valence-corrected chi connectivity index (χ0v) is 31.9. The second-order valence-electron chi connectivity index (χ2n) is 11.8. The molecule has 14 heteroatoms. The third-order valence-corrected chi connectivity index (χ3v) is 9.27. The lowest BCUT2D eigenvalue weighted by atomic mass is 10.0. The normalized spacial score (nSPS) is 10.4. The number of anilines is 1. The average molecular weight is 756 g/mol. The Labute approximate surface area is 315 Å². The van der Waals surface area contributed by atoms with Crippen LogP contribution in [0.2, 0.25) is 0 Å². The SMILES string of the molecule is CCOC(=O)c1csc(-c2ccc(CC(=O)c3cc(C)cn3C)cc2)n1.CCOC(=O)c1csc(-c2ccc(N)cc2)n1.Cc1cc(C(=O)O)n(C)c1. The van der Waals surface area contributed by atoms with Crippen LogP contribution in [0.3, 0.4) is 0 Å². The van der Waals surface area contributed by atoms with E-state index in [0.717, 1.165) is 37.8 Å². The molecule has 0 spiro atoms. The minimum atomic E-state index is -0.879. The largest absolute Gasteiger partial charge is 0.477 e. The van der Waals surface area contributed by atoms with E-state index < -0.39 is 11.9 Å². The first-order valence-corrected chi connectivity index (χ1v) is 18.3. The summed E-state index contributed by atoms with van der Waals surface area (Å²) < 4.78 is 13.3. The summed E-state index contributed by atoms with van der Waals surface area (Å²) in [5.74, 6) is -1.58. The van der Waals surface area contributed by atoms with Crippen molar-refractivity contribution in [2.75, 3.05) is 18.9 Å². The van der Waals surface area contributed by atoms with E-state index in [1.165, 1.54) is 22.7 Å². The fraction of sp³-hybridized carbons (Fsp3) is 0.231. The maximum atomic E-state index is 12.5. The number of thiazole rings is 2. The van der Waals surface area contributed by atoms with E-state index in [9.17, 15) is 19.2 Å². The number of aromatic carboxylic acids is 1. The minimum Gasteiger partial charge on any atom is -0.477 e. The van der Waals surface area contributed by atoms with Crippen LogP contribution in [0, 0.1) is 13.8 Å². The number of Topliss-reactive ketones (excluding diaryl/α,β-unsaturated/α-hetero) is 1. The summed E-state index contributed by atoms with van der Waals surface area (Å²) in [4.78, 5) is 54.6. The summed E-state index contributed by atoms with van der Waals surface area (Å²) in [7, 11) is 3.60. The van der Waals surface area contributed by atoms with Crippen molar-refractivity contribution >= 4 is 52.1 Å². The zero-order chi connectivity index (χ0) is 38.7. The molecule has 3 N–H and O–H groups in total. The number of ketones is 1. The summed E-state index contributed by atoms with van der Waals surface area (Å²) in [6.07, 6.45) is 4.08. The van der Waals surface area contributed by atoms with Crippen LogP contribution < -0.4 is 5.73 Å². The van der Waals surface area contributed by atoms with E-state index in [0.29, 0.717) is 48.1 Å². The second kappa shape index (κ2) is 18.6. The van der Waals surface area contributed by atoms with Gasteiger partial charge in [0.25, 0.3) is 0 Å². The second-order valence-corrected chi connectivity index (χ2v) is 13.5. The number of carboxylic acid groups (broad SMARTS) is 1. The van der Waals surface area contributed by atoms with E-state index in [1.54, 1.807) is 60.6 Å². The van der Waals surface area contributed by atoms with Gasteiger partial charge in [-0.25, -0.2) is 24.4 Å². The molecule has 0 atom stereocenters. The van der Waals surface area contributed by atoms with E-state index in [-0.39, 0.29) is 11.8 Å². The summed E-state index contributed by atoms with van der Waals surface area (Å²) in [6.45, 7) is 8.06. The summed E-state index contributed by atoms with van der Waals surface area (Å²) in [5, 5.41) is 13.5. The van der Waals surface area contributed by atoms with Gasteiger partial charge in [-0.3, -0.25) is 4.79 Å². The molecule has 0 saturated heterocycles. The molecule has 2 aromatic carbocycles. The van der Waals surface area contributed by atoms with Gasteiger partial charge in [0, 0.05) is 60.5 Å². The highest BCUT2D eigenvalue weighted by atomic mass is 32.1. The number of rotatable bonds is 10. The smallest absolute Gasteiger partial charge is 0.357 e. The number of aromatic nitrogens is 4. The van der Waals surface area contributed by atoms with Gasteiger partial charge in [-0.15, -0.1) is 22.7 Å². The zero-order valence-electron chi connectivity index (χ0n) is 30.3. The molecule has 4 aromatic heterocycles. The average Bonchev–Trinajstić information content (AvgIpc) is 3.94. The number of carboxylic acids is 1. The Kier molecular flexibility index (Phi) is 14.0. The highest BCUT2D eigenvalue weighted by molar-refractivity contribution is 7.13. The van der Waals surface area contributed by atoms with Crippen molar-refractivity contribution in [2.24, 2.45) is 14.1 Å². The van der Waals surface area contributed by atoms with Gasteiger partial charge in [0.1, 0.15) is 15.7 Å². The maximum Gasteiger partial charge on any atom is 0.357 e. The number of ether oxygens (including phenoxy) is 2. The molecular weight excluding hydrogens is 715 g/mol. The molecule has 4 heterocycles. The first kappa shape index (κ1) is 39.9. The Hall–Kier alpha value is -5.86. The molecule has 53 heavy (non-hydrogen) atoms. The van der Waals surface area contributed by atoms with Crippen molar-refractivity contribution in [1.29, 1.82) is 0 Å². The van der Waals surface area contributed by atoms with Crippen LogP contribution in [0.15, 0.2) is 83.8 Å². The molecule has 0 aliphatic carbocycles. The number of hydrogen-bond donors (Lipinski definition) is 2. The van der Waals surface area contributed by atoms with Crippen molar-refractivity contribution in [3.63, 3.8) is 0 Å². The highest BCUT2D eigenvalue weighted by Gasteiger charge is 2.15. The maximum absolute atomic E-state index is 12.5. The first-order chi connectivity index (χ1) is 25.3. The van der Waals surface area contributed by atoms with Gasteiger partial charge < -0.3 is 29.4 Å². The summed E-state index contributed by atoms with van der Waals surface area (Å²) in [6, 6.07) is 18.6. The number of benzene rings is 2. The molecule has 6 rings (SSSR count). The van der Waals surface area contributed by atoms with Gasteiger partial charge in [-0.05, 0) is 80.8 Å². The molecule has 0 bridgehead atoms. The predicted octanol–water partition coefficient (Wildman–Crippen LogP) is 7.66. The number of carbonyl (C=O) groups excluding carboxylic acids is 3. The lowest BCUT2D eigenvalue weighted by molar-refractivity contribution is 0.0511. The van der Waals surface area contributed by atoms with Crippen LogP contribution in [0.5, 0.6) is 0 Å². The van der Waals surface area contributed by atoms with Gasteiger partial charge in [0.05, 0.1) is 18.9 Å². The topological polar surface area (TPSA) is 169 Å². The van der Waals surface area contributed by atoms with E-state index in [2.05, 4.69) is 9.97 Å². The van der Waals surface area contributed by atoms with Gasteiger partial charge in [0.15, 0.2) is 17.2 Å². The van der Waals surface area contributed by atoms with Crippen LogP contribution >= 0.6 is 22.7 Å². The lowest BCUT2D eigenvalue weighted by Gasteiger charge is -2.04. The van der Waals surface area contributed by atoms with Gasteiger partial charge in [-0.1, -0.05) is 24.3 Å². The molecule has 6 aromatic rings. The molecule has 0 unspecified atom stereocenters. The fourth-order valence-electron chi connectivity index (χ4n) is 5.03. The Morgan fingerprint density at radius 2 is 1.15 bits per heavy atom. The molecule has 0 aliphatic rings. The van der Waals surface area contributed by atoms with Crippen LogP contribution in [0.4, 0.5) is 5.69 Å². The number of hydrogen-bond acceptors (Lipinski definition) is 11. The Morgan fingerprint density at radius 3 is 1.53 bits per heavy atom. The van der Waals surface area contributed by atoms with Crippen molar-refractivity contribution < 1.29 is 33.8 Å². The third-order valence-electron chi connectivity index (χ3n) is 7.49. The third kappa shape index (κ3) is 11.1. The fourth-order valence-corrected chi connectivity index (χ4v) is 6.62. The highest BCUT2D eigenvalue weighted by Crippen LogP contribution is 2.26. The van der Waals surface area contributed by atoms with Crippen molar-refractivity contribution in [3.05, 3.63) is 123 Å². The molecule has 0 amide bonds. The molecule has 0 saturated carbocycles. The number of nitrogens with zero attached hydrogens (tertiary/aromatic N) is 4. The number of aryl methyl sites for hydroxylation is 4. The van der Waals surface area contributed by atoms with E-state index >= 15 is 0 Å². The molecule has 0 fully saturated rings. The Bertz CT molecular complexity index is 2180. The van der Waals surface area contributed by atoms with Crippen LogP contribution in [0.1, 0.15) is 72.5 Å². The van der Waals surface area contributed by atoms with Crippen molar-refractivity contribution in [2.45, 2.75) is 34.1 Å². The van der Waals surface area contributed by atoms with Gasteiger partial charge in [0.2, 0.25) is 0 Å². The van der Waals surface area contributed by atoms with Crippen molar-refractivity contribution in [1.82, 2.24) is 19.1 Å².